The highest BCUT2D eigenvalue weighted by Gasteiger charge is 2.31. The summed E-state index contributed by atoms with van der Waals surface area (Å²) in [7, 11) is -3.96. The number of nitrogens with one attached hydrogen (secondary N) is 2. The zero-order valence-electron chi connectivity index (χ0n) is 22.7. The molecule has 0 spiro atoms. The number of nitrogens with zero attached hydrogens (tertiary/aromatic N) is 1. The molecule has 2 N–H and O–H groups in total. The van der Waals surface area contributed by atoms with Crippen molar-refractivity contribution >= 4 is 27.5 Å². The summed E-state index contributed by atoms with van der Waals surface area (Å²) in [5.74, 6) is -1.61. The summed E-state index contributed by atoms with van der Waals surface area (Å²) in [5.41, 5.74) is 1.39. The van der Waals surface area contributed by atoms with Gasteiger partial charge in [-0.1, -0.05) is 42.5 Å². The molecule has 0 unspecified atom stereocenters. The smallest absolute Gasteiger partial charge is 0.261 e. The van der Waals surface area contributed by atoms with Gasteiger partial charge in [0.25, 0.3) is 15.9 Å². The van der Waals surface area contributed by atoms with Crippen molar-refractivity contribution in [2.45, 2.75) is 24.4 Å². The summed E-state index contributed by atoms with van der Waals surface area (Å²) in [4.78, 5) is 28.1. The molecule has 2 amide bonds. The minimum absolute atomic E-state index is 0.00536. The highest BCUT2D eigenvalue weighted by atomic mass is 32.2. The highest BCUT2D eigenvalue weighted by Crippen LogP contribution is 2.25. The lowest BCUT2D eigenvalue weighted by Crippen LogP contribution is -2.45. The highest BCUT2D eigenvalue weighted by molar-refractivity contribution is 7.92. The molecule has 8 nitrogen and oxygen atoms in total. The van der Waals surface area contributed by atoms with Crippen molar-refractivity contribution in [3.8, 4) is 5.75 Å². The molecule has 42 heavy (non-hydrogen) atoms. The van der Waals surface area contributed by atoms with E-state index >= 15 is 0 Å². The van der Waals surface area contributed by atoms with E-state index in [0.29, 0.717) is 17.7 Å². The molecule has 4 rings (SSSR count). The van der Waals surface area contributed by atoms with Crippen molar-refractivity contribution in [2.24, 2.45) is 0 Å². The largest absolute Gasteiger partial charge is 0.484 e. The number of rotatable bonds is 12. The second-order valence-corrected chi connectivity index (χ2v) is 10.9. The lowest BCUT2D eigenvalue weighted by atomic mass is 10.0. The van der Waals surface area contributed by atoms with Crippen LogP contribution in [-0.2, 0) is 26.2 Å². The van der Waals surface area contributed by atoms with E-state index in [1.165, 1.54) is 65.6 Å². The molecule has 0 aliphatic rings. The number of halogens is 2. The summed E-state index contributed by atoms with van der Waals surface area (Å²) >= 11 is 0. The third kappa shape index (κ3) is 7.91. The van der Waals surface area contributed by atoms with Crippen LogP contribution in [0.25, 0.3) is 0 Å². The Bertz CT molecular complexity index is 1600. The fourth-order valence-electron chi connectivity index (χ4n) is 4.16. The summed E-state index contributed by atoms with van der Waals surface area (Å²) in [5, 5.41) is 2.77. The van der Waals surface area contributed by atoms with Gasteiger partial charge in [-0.05, 0) is 78.7 Å². The van der Waals surface area contributed by atoms with Gasteiger partial charge in [-0.15, -0.1) is 0 Å². The molecule has 218 valence electrons. The first-order chi connectivity index (χ1) is 20.2. The molecule has 0 aromatic heterocycles. The van der Waals surface area contributed by atoms with E-state index in [-0.39, 0.29) is 28.8 Å². The van der Waals surface area contributed by atoms with E-state index in [4.69, 9.17) is 4.74 Å². The van der Waals surface area contributed by atoms with Crippen molar-refractivity contribution in [3.05, 3.63) is 126 Å². The number of likely N-dealkylation sites (N-methyl/N-ethyl adjacent to an activating group) is 1. The van der Waals surface area contributed by atoms with Crippen LogP contribution in [0.4, 0.5) is 14.5 Å². The van der Waals surface area contributed by atoms with Crippen LogP contribution in [0.15, 0.2) is 108 Å². The van der Waals surface area contributed by atoms with Crippen LogP contribution in [-0.4, -0.2) is 38.3 Å². The lowest BCUT2D eigenvalue weighted by molar-refractivity contribution is -0.143. The zero-order chi connectivity index (χ0) is 30.1. The Morgan fingerprint density at radius 3 is 2.02 bits per heavy atom. The van der Waals surface area contributed by atoms with Crippen LogP contribution in [0.2, 0.25) is 0 Å². The summed E-state index contributed by atoms with van der Waals surface area (Å²) in [6.45, 7) is 1.67. The van der Waals surface area contributed by atoms with Gasteiger partial charge >= 0.3 is 0 Å². The van der Waals surface area contributed by atoms with Crippen LogP contribution in [0.1, 0.15) is 24.1 Å². The summed E-state index contributed by atoms with van der Waals surface area (Å²) in [6, 6.07) is 23.7. The number of ether oxygens (including phenoxy) is 1. The SMILES string of the molecule is CCNC(=O)[C@@H](c1ccccc1)N(Cc1ccc(F)cc1)C(=O)COc1ccc(S(=O)(=O)Nc2ccc(F)cc2)cc1. The first-order valence-electron chi connectivity index (χ1n) is 13.0. The van der Waals surface area contributed by atoms with Crippen LogP contribution >= 0.6 is 0 Å². The Kier molecular flexibility index (Phi) is 9.87. The monoisotopic (exact) mass is 593 g/mol. The molecule has 1 atom stereocenters. The second kappa shape index (κ2) is 13.7. The van der Waals surface area contributed by atoms with Gasteiger partial charge in [0.1, 0.15) is 23.4 Å². The van der Waals surface area contributed by atoms with Gasteiger partial charge in [-0.3, -0.25) is 14.3 Å². The summed E-state index contributed by atoms with van der Waals surface area (Å²) < 4.78 is 60.2. The fourth-order valence-corrected chi connectivity index (χ4v) is 5.22. The van der Waals surface area contributed by atoms with Crippen LogP contribution in [0, 0.1) is 11.6 Å². The predicted molar refractivity (Wildman–Crippen MR) is 154 cm³/mol. The first-order valence-corrected chi connectivity index (χ1v) is 14.5. The molecular formula is C31H29F2N3O5S. The molecule has 0 aliphatic carbocycles. The molecule has 0 saturated carbocycles. The van der Waals surface area contributed by atoms with E-state index in [1.807, 2.05) is 0 Å². The van der Waals surface area contributed by atoms with Crippen molar-refractivity contribution in [3.63, 3.8) is 0 Å². The minimum Gasteiger partial charge on any atom is -0.484 e. The average Bonchev–Trinajstić information content (AvgIpc) is 2.98. The Morgan fingerprint density at radius 1 is 0.833 bits per heavy atom. The van der Waals surface area contributed by atoms with Gasteiger partial charge in [0.2, 0.25) is 5.91 Å². The number of anilines is 1. The topological polar surface area (TPSA) is 105 Å². The van der Waals surface area contributed by atoms with Crippen molar-refractivity contribution in [2.75, 3.05) is 17.9 Å². The third-order valence-corrected chi connectivity index (χ3v) is 7.60. The lowest BCUT2D eigenvalue weighted by Gasteiger charge is -2.31. The normalized spacial score (nSPS) is 11.8. The molecule has 0 saturated heterocycles. The summed E-state index contributed by atoms with van der Waals surface area (Å²) in [6.07, 6.45) is 0. The predicted octanol–water partition coefficient (Wildman–Crippen LogP) is 5.05. The van der Waals surface area contributed by atoms with Crippen molar-refractivity contribution in [1.29, 1.82) is 0 Å². The Hall–Kier alpha value is -4.77. The molecule has 0 aliphatic heterocycles. The van der Waals surface area contributed by atoms with E-state index in [1.54, 1.807) is 37.3 Å². The number of sulfonamides is 1. The molecule has 0 fully saturated rings. The van der Waals surface area contributed by atoms with Crippen molar-refractivity contribution in [1.82, 2.24) is 10.2 Å². The quantitative estimate of drug-likeness (QED) is 0.239. The van der Waals surface area contributed by atoms with Crippen LogP contribution in [0.3, 0.4) is 0 Å². The first kappa shape index (κ1) is 30.2. The molecular weight excluding hydrogens is 564 g/mol. The Labute approximate surface area is 243 Å². The Balaban J connectivity index is 1.52. The van der Waals surface area contributed by atoms with Gasteiger partial charge in [0.05, 0.1) is 4.90 Å². The van der Waals surface area contributed by atoms with Crippen LogP contribution in [0.5, 0.6) is 5.75 Å². The number of amides is 2. The fraction of sp³-hybridized carbons (Fsp3) is 0.161. The van der Waals surface area contributed by atoms with Gasteiger partial charge in [0.15, 0.2) is 6.61 Å². The maximum Gasteiger partial charge on any atom is 0.261 e. The van der Waals surface area contributed by atoms with Crippen molar-refractivity contribution < 1.29 is 31.5 Å². The molecule has 4 aromatic rings. The zero-order valence-corrected chi connectivity index (χ0v) is 23.5. The number of hydrogen-bond donors (Lipinski definition) is 2. The minimum atomic E-state index is -3.96. The van der Waals surface area contributed by atoms with E-state index in [9.17, 15) is 26.8 Å². The number of benzene rings is 4. The molecule has 0 bridgehead atoms. The third-order valence-electron chi connectivity index (χ3n) is 6.21. The van der Waals surface area contributed by atoms with Gasteiger partial charge in [0, 0.05) is 18.8 Å². The molecule has 0 heterocycles. The molecule has 4 aromatic carbocycles. The van der Waals surface area contributed by atoms with E-state index < -0.39 is 40.2 Å². The second-order valence-electron chi connectivity index (χ2n) is 9.23. The van der Waals surface area contributed by atoms with Gasteiger partial charge in [-0.2, -0.15) is 0 Å². The maximum atomic E-state index is 13.6. The molecule has 11 heteroatoms. The van der Waals surface area contributed by atoms with Gasteiger partial charge < -0.3 is 15.0 Å². The maximum absolute atomic E-state index is 13.6. The number of carbonyl (C=O) groups is 2. The van der Waals surface area contributed by atoms with Crippen LogP contribution < -0.4 is 14.8 Å². The van der Waals surface area contributed by atoms with E-state index in [0.717, 1.165) is 12.1 Å². The average molecular weight is 594 g/mol. The van der Waals surface area contributed by atoms with Gasteiger partial charge in [-0.25, -0.2) is 17.2 Å². The van der Waals surface area contributed by atoms with E-state index in [2.05, 4.69) is 10.0 Å². The standard InChI is InChI=1S/C31H29F2N3O5S/c1-2-34-31(38)30(23-6-4-3-5-7-23)36(20-22-8-10-24(32)11-9-22)29(37)21-41-27-16-18-28(19-17-27)42(39,40)35-26-14-12-25(33)13-15-26/h3-19,30,35H,2,20-21H2,1H3,(H,34,38)/t30-/m1/s1. The molecule has 0 radical (unpaired) electrons. The number of hydrogen-bond acceptors (Lipinski definition) is 5. The Morgan fingerprint density at radius 2 is 1.43 bits per heavy atom. The number of carbonyl (C=O) groups excluding carboxylic acids is 2.